The second-order valence-electron chi connectivity index (χ2n) is 3.19. The average Bonchev–Trinajstić information content (AvgIpc) is 2.09. The first kappa shape index (κ1) is 9.99. The Morgan fingerprint density at radius 1 is 1.31 bits per heavy atom. The molecule has 0 aliphatic rings. The molecule has 13 heavy (non-hydrogen) atoms. The number of aromatic nitrogens is 1. The summed E-state index contributed by atoms with van der Waals surface area (Å²) in [6.45, 7) is 4.98. The highest BCUT2D eigenvalue weighted by Crippen LogP contribution is 2.17. The number of rotatable bonds is 3. The van der Waals surface area contributed by atoms with Crippen LogP contribution in [0.1, 0.15) is 16.8 Å². The SMILES string of the molecule is CNCc1c(C)cc(C)nc1NC. The molecule has 1 aromatic heterocycles. The van der Waals surface area contributed by atoms with Gasteiger partial charge in [-0.25, -0.2) is 4.98 Å². The van der Waals surface area contributed by atoms with E-state index < -0.39 is 0 Å². The molecule has 72 valence electrons. The van der Waals surface area contributed by atoms with Gasteiger partial charge < -0.3 is 10.6 Å². The van der Waals surface area contributed by atoms with Gasteiger partial charge in [-0.3, -0.25) is 0 Å². The fourth-order valence-electron chi connectivity index (χ4n) is 1.47. The lowest BCUT2D eigenvalue weighted by molar-refractivity contribution is 0.807. The van der Waals surface area contributed by atoms with Crippen LogP contribution in [0.5, 0.6) is 0 Å². The smallest absolute Gasteiger partial charge is 0.130 e. The second-order valence-corrected chi connectivity index (χ2v) is 3.19. The molecule has 0 saturated heterocycles. The van der Waals surface area contributed by atoms with E-state index in [9.17, 15) is 0 Å². The first-order valence-electron chi connectivity index (χ1n) is 4.48. The van der Waals surface area contributed by atoms with Crippen LogP contribution in [0.25, 0.3) is 0 Å². The maximum atomic E-state index is 4.42. The van der Waals surface area contributed by atoms with Gasteiger partial charge in [0, 0.05) is 24.8 Å². The van der Waals surface area contributed by atoms with Crippen LogP contribution in [0.15, 0.2) is 6.07 Å². The number of hydrogen-bond donors (Lipinski definition) is 2. The highest BCUT2D eigenvalue weighted by atomic mass is 15.0. The molecular weight excluding hydrogens is 162 g/mol. The average molecular weight is 179 g/mol. The van der Waals surface area contributed by atoms with Gasteiger partial charge in [-0.05, 0) is 32.5 Å². The Bertz CT molecular complexity index is 294. The zero-order valence-corrected chi connectivity index (χ0v) is 8.73. The highest BCUT2D eigenvalue weighted by molar-refractivity contribution is 5.48. The van der Waals surface area contributed by atoms with E-state index in [4.69, 9.17) is 0 Å². The largest absolute Gasteiger partial charge is 0.373 e. The van der Waals surface area contributed by atoms with Crippen molar-refractivity contribution in [3.05, 3.63) is 22.9 Å². The van der Waals surface area contributed by atoms with E-state index in [0.29, 0.717) is 0 Å². The van der Waals surface area contributed by atoms with Gasteiger partial charge in [0.25, 0.3) is 0 Å². The van der Waals surface area contributed by atoms with Gasteiger partial charge in [-0.2, -0.15) is 0 Å². The summed E-state index contributed by atoms with van der Waals surface area (Å²) in [4.78, 5) is 4.42. The summed E-state index contributed by atoms with van der Waals surface area (Å²) in [6, 6.07) is 2.10. The standard InChI is InChI=1S/C10H17N3/c1-7-5-8(2)13-10(12-4)9(7)6-11-3/h5,11H,6H2,1-4H3,(H,12,13). The molecule has 0 fully saturated rings. The summed E-state index contributed by atoms with van der Waals surface area (Å²) in [5, 5.41) is 6.25. The van der Waals surface area contributed by atoms with Gasteiger partial charge in [0.2, 0.25) is 0 Å². The fourth-order valence-corrected chi connectivity index (χ4v) is 1.47. The van der Waals surface area contributed by atoms with E-state index in [2.05, 4.69) is 28.6 Å². The van der Waals surface area contributed by atoms with Crippen molar-refractivity contribution in [2.75, 3.05) is 19.4 Å². The van der Waals surface area contributed by atoms with E-state index in [1.54, 1.807) is 0 Å². The van der Waals surface area contributed by atoms with Crippen molar-refractivity contribution in [1.29, 1.82) is 0 Å². The van der Waals surface area contributed by atoms with E-state index >= 15 is 0 Å². The van der Waals surface area contributed by atoms with Crippen LogP contribution in [0, 0.1) is 13.8 Å². The van der Waals surface area contributed by atoms with Gasteiger partial charge in [-0.15, -0.1) is 0 Å². The predicted octanol–water partition coefficient (Wildman–Crippen LogP) is 1.46. The van der Waals surface area contributed by atoms with Crippen LogP contribution >= 0.6 is 0 Å². The summed E-state index contributed by atoms with van der Waals surface area (Å²) < 4.78 is 0. The van der Waals surface area contributed by atoms with E-state index in [0.717, 1.165) is 18.1 Å². The molecule has 3 heteroatoms. The molecule has 0 bridgehead atoms. The summed E-state index contributed by atoms with van der Waals surface area (Å²) in [5.41, 5.74) is 3.59. The minimum Gasteiger partial charge on any atom is -0.373 e. The summed E-state index contributed by atoms with van der Waals surface area (Å²) in [5.74, 6) is 0.979. The van der Waals surface area contributed by atoms with Gasteiger partial charge in [-0.1, -0.05) is 0 Å². The molecule has 1 rings (SSSR count). The maximum Gasteiger partial charge on any atom is 0.130 e. The molecule has 0 aliphatic carbocycles. The topological polar surface area (TPSA) is 37.0 Å². The van der Waals surface area contributed by atoms with Gasteiger partial charge in [0.05, 0.1) is 0 Å². The number of aryl methyl sites for hydroxylation is 2. The van der Waals surface area contributed by atoms with Gasteiger partial charge in [0.1, 0.15) is 5.82 Å². The lowest BCUT2D eigenvalue weighted by Crippen LogP contribution is -2.11. The van der Waals surface area contributed by atoms with Crippen LogP contribution in [0.3, 0.4) is 0 Å². The van der Waals surface area contributed by atoms with E-state index in [1.165, 1.54) is 11.1 Å². The quantitative estimate of drug-likeness (QED) is 0.737. The monoisotopic (exact) mass is 179 g/mol. The van der Waals surface area contributed by atoms with Crippen molar-refractivity contribution >= 4 is 5.82 Å². The number of hydrogen-bond acceptors (Lipinski definition) is 3. The molecule has 0 spiro atoms. The van der Waals surface area contributed by atoms with Crippen LogP contribution in [-0.4, -0.2) is 19.1 Å². The Morgan fingerprint density at radius 3 is 2.54 bits per heavy atom. The van der Waals surface area contributed by atoms with Gasteiger partial charge >= 0.3 is 0 Å². The number of pyridine rings is 1. The first-order valence-corrected chi connectivity index (χ1v) is 4.48. The molecular formula is C10H17N3. The maximum absolute atomic E-state index is 4.42. The van der Waals surface area contributed by atoms with Crippen molar-refractivity contribution in [1.82, 2.24) is 10.3 Å². The Morgan fingerprint density at radius 2 is 2.00 bits per heavy atom. The third-order valence-electron chi connectivity index (χ3n) is 2.07. The molecule has 0 saturated carbocycles. The predicted molar refractivity (Wildman–Crippen MR) is 56.0 cm³/mol. The van der Waals surface area contributed by atoms with E-state index in [1.807, 2.05) is 21.0 Å². The molecule has 1 aromatic rings. The van der Waals surface area contributed by atoms with Crippen molar-refractivity contribution in [3.8, 4) is 0 Å². The Labute approximate surface area is 79.6 Å². The molecule has 0 amide bonds. The third-order valence-corrected chi connectivity index (χ3v) is 2.07. The minimum absolute atomic E-state index is 0.856. The lowest BCUT2D eigenvalue weighted by Gasteiger charge is -2.11. The summed E-state index contributed by atoms with van der Waals surface area (Å²) in [7, 11) is 3.85. The number of anilines is 1. The Balaban J connectivity index is 3.13. The molecule has 2 N–H and O–H groups in total. The van der Waals surface area contributed by atoms with Crippen LogP contribution < -0.4 is 10.6 Å². The van der Waals surface area contributed by atoms with Crippen molar-refractivity contribution in [2.45, 2.75) is 20.4 Å². The molecule has 0 aromatic carbocycles. The van der Waals surface area contributed by atoms with Crippen molar-refractivity contribution in [3.63, 3.8) is 0 Å². The van der Waals surface area contributed by atoms with Gasteiger partial charge in [0.15, 0.2) is 0 Å². The number of nitrogens with one attached hydrogen (secondary N) is 2. The van der Waals surface area contributed by atoms with Crippen LogP contribution in [0.2, 0.25) is 0 Å². The lowest BCUT2D eigenvalue weighted by atomic mass is 10.1. The zero-order valence-electron chi connectivity index (χ0n) is 8.73. The Kier molecular flexibility index (Phi) is 3.25. The van der Waals surface area contributed by atoms with E-state index in [-0.39, 0.29) is 0 Å². The normalized spacial score (nSPS) is 10.2. The molecule has 3 nitrogen and oxygen atoms in total. The molecule has 0 atom stereocenters. The fraction of sp³-hybridized carbons (Fsp3) is 0.500. The number of nitrogens with zero attached hydrogens (tertiary/aromatic N) is 1. The minimum atomic E-state index is 0.856. The summed E-state index contributed by atoms with van der Waals surface area (Å²) in [6.07, 6.45) is 0. The Hall–Kier alpha value is -1.09. The van der Waals surface area contributed by atoms with Crippen molar-refractivity contribution in [2.24, 2.45) is 0 Å². The molecule has 0 unspecified atom stereocenters. The molecule has 0 aliphatic heterocycles. The summed E-state index contributed by atoms with van der Waals surface area (Å²) >= 11 is 0. The van der Waals surface area contributed by atoms with Crippen molar-refractivity contribution < 1.29 is 0 Å². The zero-order chi connectivity index (χ0) is 9.84. The third kappa shape index (κ3) is 2.18. The second kappa shape index (κ2) is 4.23. The van der Waals surface area contributed by atoms with Crippen LogP contribution in [0.4, 0.5) is 5.82 Å². The molecule has 1 heterocycles. The first-order chi connectivity index (χ1) is 6.19. The highest BCUT2D eigenvalue weighted by Gasteiger charge is 2.05. The van der Waals surface area contributed by atoms with Crippen LogP contribution in [-0.2, 0) is 6.54 Å². The molecule has 0 radical (unpaired) electrons.